The van der Waals surface area contributed by atoms with Crippen molar-refractivity contribution in [1.29, 1.82) is 0 Å². The van der Waals surface area contributed by atoms with Crippen molar-refractivity contribution in [3.05, 3.63) is 11.6 Å². The molecule has 1 heterocycles. The second kappa shape index (κ2) is 5.06. The first kappa shape index (κ1) is 9.60. The summed E-state index contributed by atoms with van der Waals surface area (Å²) >= 11 is 2.07. The number of allylic oxidation sites excluding steroid dienone is 1. The van der Waals surface area contributed by atoms with Crippen molar-refractivity contribution in [2.75, 3.05) is 19.0 Å². The van der Waals surface area contributed by atoms with Crippen LogP contribution in [0.25, 0.3) is 0 Å². The molecule has 2 rings (SSSR count). The quantitative estimate of drug-likeness (QED) is 0.645. The third-order valence-corrected chi connectivity index (χ3v) is 4.02. The lowest BCUT2D eigenvalue weighted by atomic mass is 9.93. The standard InChI is InChI=1S/C11H18OS/c1-3-10(4-1)6-8-13-11-5-2-7-12-9-11/h6,11H,1-5,7-9H2. The maximum Gasteiger partial charge on any atom is 0.0585 e. The highest BCUT2D eigenvalue weighted by atomic mass is 32.2. The third-order valence-electron chi connectivity index (χ3n) is 2.82. The van der Waals surface area contributed by atoms with Gasteiger partial charge in [0.25, 0.3) is 0 Å². The van der Waals surface area contributed by atoms with Crippen molar-refractivity contribution in [1.82, 2.24) is 0 Å². The van der Waals surface area contributed by atoms with E-state index in [4.69, 9.17) is 4.74 Å². The lowest BCUT2D eigenvalue weighted by molar-refractivity contribution is 0.101. The molecule has 1 atom stereocenters. The van der Waals surface area contributed by atoms with Crippen molar-refractivity contribution < 1.29 is 4.74 Å². The summed E-state index contributed by atoms with van der Waals surface area (Å²) in [6, 6.07) is 0. The van der Waals surface area contributed by atoms with Crippen LogP contribution in [-0.4, -0.2) is 24.2 Å². The fourth-order valence-electron chi connectivity index (χ4n) is 1.73. The molecule has 1 nitrogen and oxygen atoms in total. The summed E-state index contributed by atoms with van der Waals surface area (Å²) in [5.41, 5.74) is 1.68. The van der Waals surface area contributed by atoms with Gasteiger partial charge in [0.05, 0.1) is 6.61 Å². The SMILES string of the molecule is C(CSC1CCCOC1)=C1CCC1. The molecular weight excluding hydrogens is 180 g/mol. The van der Waals surface area contributed by atoms with Gasteiger partial charge in [-0.15, -0.1) is 0 Å². The van der Waals surface area contributed by atoms with E-state index in [1.54, 1.807) is 5.57 Å². The molecule has 1 saturated heterocycles. The molecule has 0 aromatic heterocycles. The van der Waals surface area contributed by atoms with Crippen LogP contribution in [0.5, 0.6) is 0 Å². The average Bonchev–Trinajstić information content (AvgIpc) is 2.11. The Morgan fingerprint density at radius 2 is 2.31 bits per heavy atom. The number of hydrogen-bond acceptors (Lipinski definition) is 2. The minimum atomic E-state index is 0.769. The largest absolute Gasteiger partial charge is 0.380 e. The molecule has 1 unspecified atom stereocenters. The first-order valence-corrected chi connectivity index (χ1v) is 6.37. The summed E-state index contributed by atoms with van der Waals surface area (Å²) in [6.45, 7) is 1.96. The highest BCUT2D eigenvalue weighted by Gasteiger charge is 2.13. The van der Waals surface area contributed by atoms with E-state index >= 15 is 0 Å². The maximum atomic E-state index is 5.44. The molecule has 0 bridgehead atoms. The van der Waals surface area contributed by atoms with E-state index in [1.807, 2.05) is 0 Å². The fraction of sp³-hybridized carbons (Fsp3) is 0.818. The van der Waals surface area contributed by atoms with Gasteiger partial charge < -0.3 is 4.74 Å². The highest BCUT2D eigenvalue weighted by Crippen LogP contribution is 2.27. The van der Waals surface area contributed by atoms with E-state index < -0.39 is 0 Å². The minimum Gasteiger partial charge on any atom is -0.380 e. The maximum absolute atomic E-state index is 5.44. The number of hydrogen-bond donors (Lipinski definition) is 0. The van der Waals surface area contributed by atoms with Crippen LogP contribution in [-0.2, 0) is 4.74 Å². The van der Waals surface area contributed by atoms with E-state index in [9.17, 15) is 0 Å². The van der Waals surface area contributed by atoms with E-state index in [-0.39, 0.29) is 0 Å². The monoisotopic (exact) mass is 198 g/mol. The van der Waals surface area contributed by atoms with Crippen LogP contribution in [0.3, 0.4) is 0 Å². The summed E-state index contributed by atoms with van der Waals surface area (Å²) in [6.07, 6.45) is 9.19. The van der Waals surface area contributed by atoms with E-state index in [1.165, 1.54) is 37.9 Å². The van der Waals surface area contributed by atoms with Gasteiger partial charge in [-0.2, -0.15) is 11.8 Å². The Hall–Kier alpha value is 0.0500. The summed E-state index contributed by atoms with van der Waals surface area (Å²) < 4.78 is 5.44. The van der Waals surface area contributed by atoms with Gasteiger partial charge in [0, 0.05) is 17.6 Å². The molecule has 0 spiro atoms. The molecule has 74 valence electrons. The van der Waals surface area contributed by atoms with Crippen molar-refractivity contribution in [3.8, 4) is 0 Å². The zero-order valence-corrected chi connectivity index (χ0v) is 8.94. The predicted molar refractivity (Wildman–Crippen MR) is 58.2 cm³/mol. The zero-order chi connectivity index (χ0) is 8.93. The smallest absolute Gasteiger partial charge is 0.0585 e. The first-order valence-electron chi connectivity index (χ1n) is 5.32. The van der Waals surface area contributed by atoms with E-state index in [0.29, 0.717) is 0 Å². The summed E-state index contributed by atoms with van der Waals surface area (Å²) in [7, 11) is 0. The Morgan fingerprint density at radius 3 is 2.92 bits per heavy atom. The molecule has 2 fully saturated rings. The van der Waals surface area contributed by atoms with Crippen LogP contribution < -0.4 is 0 Å². The first-order chi connectivity index (χ1) is 6.45. The molecule has 0 aromatic carbocycles. The zero-order valence-electron chi connectivity index (χ0n) is 8.13. The Bertz CT molecular complexity index is 177. The topological polar surface area (TPSA) is 9.23 Å². The normalized spacial score (nSPS) is 28.3. The van der Waals surface area contributed by atoms with Crippen LogP contribution >= 0.6 is 11.8 Å². The number of ether oxygens (including phenoxy) is 1. The summed E-state index contributed by atoms with van der Waals surface area (Å²) in [5.74, 6) is 1.21. The van der Waals surface area contributed by atoms with Gasteiger partial charge >= 0.3 is 0 Å². The molecule has 1 saturated carbocycles. The van der Waals surface area contributed by atoms with Gasteiger partial charge in [-0.05, 0) is 32.1 Å². The van der Waals surface area contributed by atoms with Crippen LogP contribution in [0.1, 0.15) is 32.1 Å². The van der Waals surface area contributed by atoms with Gasteiger partial charge in [-0.25, -0.2) is 0 Å². The van der Waals surface area contributed by atoms with Crippen molar-refractivity contribution in [2.45, 2.75) is 37.4 Å². The second-order valence-electron chi connectivity index (χ2n) is 3.89. The molecular formula is C11H18OS. The third kappa shape index (κ3) is 3.03. The average molecular weight is 198 g/mol. The molecule has 0 amide bonds. The van der Waals surface area contributed by atoms with Gasteiger partial charge in [0.1, 0.15) is 0 Å². The van der Waals surface area contributed by atoms with Gasteiger partial charge in [0.2, 0.25) is 0 Å². The molecule has 1 aliphatic heterocycles. The highest BCUT2D eigenvalue weighted by molar-refractivity contribution is 8.00. The van der Waals surface area contributed by atoms with Crippen molar-refractivity contribution >= 4 is 11.8 Å². The fourth-order valence-corrected chi connectivity index (χ4v) is 2.86. The molecule has 0 N–H and O–H groups in total. The predicted octanol–water partition coefficient (Wildman–Crippen LogP) is 3.01. The Balaban J connectivity index is 1.60. The van der Waals surface area contributed by atoms with E-state index in [2.05, 4.69) is 17.8 Å². The van der Waals surface area contributed by atoms with Crippen LogP contribution in [0.4, 0.5) is 0 Å². The van der Waals surface area contributed by atoms with E-state index in [0.717, 1.165) is 18.5 Å². The lowest BCUT2D eigenvalue weighted by Gasteiger charge is -2.21. The van der Waals surface area contributed by atoms with Crippen LogP contribution in [0.15, 0.2) is 11.6 Å². The minimum absolute atomic E-state index is 0.769. The molecule has 2 aliphatic rings. The van der Waals surface area contributed by atoms with Crippen LogP contribution in [0, 0.1) is 0 Å². The molecule has 1 aliphatic carbocycles. The van der Waals surface area contributed by atoms with Crippen molar-refractivity contribution in [2.24, 2.45) is 0 Å². The summed E-state index contributed by atoms with van der Waals surface area (Å²) in [4.78, 5) is 0. The second-order valence-corrected chi connectivity index (χ2v) is 5.22. The molecule has 13 heavy (non-hydrogen) atoms. The number of rotatable bonds is 3. The Labute approximate surface area is 84.9 Å². The van der Waals surface area contributed by atoms with Crippen molar-refractivity contribution in [3.63, 3.8) is 0 Å². The lowest BCUT2D eigenvalue weighted by Crippen LogP contribution is -2.19. The molecule has 0 aromatic rings. The Kier molecular flexibility index (Phi) is 3.74. The van der Waals surface area contributed by atoms with Gasteiger partial charge in [-0.3, -0.25) is 0 Å². The number of thioether (sulfide) groups is 1. The van der Waals surface area contributed by atoms with Gasteiger partial charge in [-0.1, -0.05) is 11.6 Å². The summed E-state index contributed by atoms with van der Waals surface area (Å²) in [5, 5.41) is 0.769. The van der Waals surface area contributed by atoms with Crippen LogP contribution in [0.2, 0.25) is 0 Å². The molecule has 2 heteroatoms. The molecule has 0 radical (unpaired) electrons. The van der Waals surface area contributed by atoms with Gasteiger partial charge in [0.15, 0.2) is 0 Å². The Morgan fingerprint density at radius 1 is 1.38 bits per heavy atom.